The van der Waals surface area contributed by atoms with Crippen molar-refractivity contribution in [2.75, 3.05) is 14.2 Å². The number of carbonyl (C=O) groups is 2. The van der Waals surface area contributed by atoms with Crippen LogP contribution in [0.15, 0.2) is 97.1 Å². The summed E-state index contributed by atoms with van der Waals surface area (Å²) in [5.41, 5.74) is 5.09. The van der Waals surface area contributed by atoms with E-state index in [1.165, 1.54) is 43.4 Å². The van der Waals surface area contributed by atoms with Crippen molar-refractivity contribution in [3.8, 4) is 23.0 Å². The predicted octanol–water partition coefficient (Wildman–Crippen LogP) is 10.1. The highest BCUT2D eigenvalue weighted by molar-refractivity contribution is 5.69. The first kappa shape index (κ1) is 37.2. The molecule has 6 heteroatoms. The summed E-state index contributed by atoms with van der Waals surface area (Å²) >= 11 is 0. The third kappa shape index (κ3) is 9.53. The van der Waals surface area contributed by atoms with Gasteiger partial charge in [0.1, 0.15) is 23.0 Å². The molecule has 49 heavy (non-hydrogen) atoms. The molecular weight excluding hydrogens is 612 g/mol. The molecule has 0 heterocycles. The van der Waals surface area contributed by atoms with Crippen LogP contribution in [0.5, 0.6) is 23.0 Å². The van der Waals surface area contributed by atoms with Gasteiger partial charge in [-0.05, 0) is 113 Å². The molecule has 0 amide bonds. The van der Waals surface area contributed by atoms with Gasteiger partial charge in [-0.15, -0.1) is 0 Å². The van der Waals surface area contributed by atoms with E-state index in [9.17, 15) is 9.59 Å². The van der Waals surface area contributed by atoms with Crippen molar-refractivity contribution in [1.29, 1.82) is 0 Å². The van der Waals surface area contributed by atoms with E-state index >= 15 is 0 Å². The van der Waals surface area contributed by atoms with E-state index in [1.807, 2.05) is 48.5 Å². The Hall–Kier alpha value is -4.58. The van der Waals surface area contributed by atoms with Crippen LogP contribution in [0.4, 0.5) is 0 Å². The third-order valence-electron chi connectivity index (χ3n) is 10.1. The van der Waals surface area contributed by atoms with Gasteiger partial charge in [0, 0.05) is 19.3 Å². The molecule has 3 atom stereocenters. The predicted molar refractivity (Wildman–Crippen MR) is 196 cm³/mol. The van der Waals surface area contributed by atoms with Gasteiger partial charge in [0.05, 0.1) is 14.2 Å². The number of methoxy groups -OCH3 is 2. The number of rotatable bonds is 9. The maximum Gasteiger partial charge on any atom is 0.308 e. The van der Waals surface area contributed by atoms with E-state index in [-0.39, 0.29) is 22.8 Å². The molecule has 1 aliphatic rings. The van der Waals surface area contributed by atoms with Crippen molar-refractivity contribution in [3.05, 3.63) is 119 Å². The molecule has 1 fully saturated rings. The van der Waals surface area contributed by atoms with Gasteiger partial charge in [-0.1, -0.05) is 83.1 Å². The van der Waals surface area contributed by atoms with E-state index < -0.39 is 0 Å². The molecule has 0 radical (unpaired) electrons. The van der Waals surface area contributed by atoms with Crippen LogP contribution < -0.4 is 18.9 Å². The molecule has 0 aromatic heterocycles. The Morgan fingerprint density at radius 2 is 1.08 bits per heavy atom. The molecule has 6 nitrogen and oxygen atoms in total. The molecule has 4 aromatic carbocycles. The maximum atomic E-state index is 11.2. The first-order valence-corrected chi connectivity index (χ1v) is 17.1. The number of esters is 2. The molecule has 1 saturated carbocycles. The fraction of sp³-hybridized carbons (Fsp3) is 0.395. The molecule has 5 rings (SSSR count). The molecule has 1 aliphatic carbocycles. The lowest BCUT2D eigenvalue weighted by Crippen LogP contribution is -2.35. The van der Waals surface area contributed by atoms with Crippen LogP contribution in [0.3, 0.4) is 0 Å². The van der Waals surface area contributed by atoms with Crippen LogP contribution in [0.2, 0.25) is 0 Å². The van der Waals surface area contributed by atoms with Gasteiger partial charge < -0.3 is 18.9 Å². The van der Waals surface area contributed by atoms with E-state index in [0.717, 1.165) is 23.5 Å². The fourth-order valence-corrected chi connectivity index (χ4v) is 7.07. The van der Waals surface area contributed by atoms with E-state index in [1.54, 1.807) is 14.2 Å². The summed E-state index contributed by atoms with van der Waals surface area (Å²) in [7, 11) is 3.37. The van der Waals surface area contributed by atoms with Crippen molar-refractivity contribution >= 4 is 11.9 Å². The van der Waals surface area contributed by atoms with Gasteiger partial charge in [-0.3, -0.25) is 9.59 Å². The van der Waals surface area contributed by atoms with E-state index in [4.69, 9.17) is 18.9 Å². The van der Waals surface area contributed by atoms with Gasteiger partial charge in [0.15, 0.2) is 0 Å². The molecular formula is C43H52O6. The Labute approximate surface area is 292 Å². The topological polar surface area (TPSA) is 71.1 Å². The summed E-state index contributed by atoms with van der Waals surface area (Å²) in [4.78, 5) is 22.1. The number of hydrogen-bond acceptors (Lipinski definition) is 6. The molecule has 260 valence electrons. The first-order valence-electron chi connectivity index (χ1n) is 17.1. The minimum Gasteiger partial charge on any atom is -0.497 e. The van der Waals surface area contributed by atoms with Crippen LogP contribution in [0, 0.1) is 11.8 Å². The van der Waals surface area contributed by atoms with Crippen LogP contribution in [-0.2, 0) is 20.4 Å². The molecule has 0 aliphatic heterocycles. The first-order chi connectivity index (χ1) is 23.2. The highest BCUT2D eigenvalue weighted by atomic mass is 16.5. The smallest absolute Gasteiger partial charge is 0.308 e. The summed E-state index contributed by atoms with van der Waals surface area (Å²) in [5, 5.41) is 0. The number of ether oxygens (including phenoxy) is 4. The standard InChI is InChI=1S/C25H32O3.C18H20O3/c1-17(2)23-14-15-25(4,20-8-12-21(27-5)13-9-20)16-24(23)19-6-10-22(11-7-19)28-18(3)26;1-13(19)21-17-11-7-15(8-12-17)18(2,3)14-5-9-16(20-4)10-6-14/h6-13,17,23-24H,14-16H2,1-5H3;5-12H,1-4H3. The van der Waals surface area contributed by atoms with Crippen molar-refractivity contribution in [2.24, 2.45) is 11.8 Å². The zero-order chi connectivity index (χ0) is 35.8. The lowest BCUT2D eigenvalue weighted by Gasteiger charge is -2.45. The summed E-state index contributed by atoms with van der Waals surface area (Å²) in [6.07, 6.45) is 3.54. The fourth-order valence-electron chi connectivity index (χ4n) is 7.07. The Morgan fingerprint density at radius 1 is 0.673 bits per heavy atom. The van der Waals surface area contributed by atoms with Crippen LogP contribution >= 0.6 is 0 Å². The van der Waals surface area contributed by atoms with Crippen molar-refractivity contribution < 1.29 is 28.5 Å². The van der Waals surface area contributed by atoms with E-state index in [0.29, 0.717) is 29.3 Å². The second kappa shape index (κ2) is 16.2. The molecule has 0 spiro atoms. The van der Waals surface area contributed by atoms with Gasteiger partial charge in [0.2, 0.25) is 0 Å². The average Bonchev–Trinajstić information content (AvgIpc) is 3.08. The Morgan fingerprint density at radius 3 is 1.49 bits per heavy atom. The summed E-state index contributed by atoms with van der Waals surface area (Å²) in [6.45, 7) is 14.2. The third-order valence-corrected chi connectivity index (χ3v) is 10.1. The SMILES string of the molecule is COc1ccc(C(C)(C)c2ccc(OC(C)=O)cc2)cc1.COc1ccc(C2(C)CCC(C(C)C)C(c3ccc(OC(C)=O)cc3)C2)cc1. The van der Waals surface area contributed by atoms with Crippen LogP contribution in [-0.4, -0.2) is 26.2 Å². The second-order valence-corrected chi connectivity index (χ2v) is 14.2. The second-order valence-electron chi connectivity index (χ2n) is 14.2. The zero-order valence-corrected chi connectivity index (χ0v) is 30.5. The number of benzene rings is 4. The van der Waals surface area contributed by atoms with Crippen molar-refractivity contribution in [2.45, 2.75) is 84.5 Å². The van der Waals surface area contributed by atoms with Crippen molar-refractivity contribution in [3.63, 3.8) is 0 Å². The van der Waals surface area contributed by atoms with Crippen molar-refractivity contribution in [1.82, 2.24) is 0 Å². The lowest BCUT2D eigenvalue weighted by atomic mass is 9.59. The number of carbonyl (C=O) groups excluding carboxylic acids is 2. The van der Waals surface area contributed by atoms with Gasteiger partial charge in [-0.25, -0.2) is 0 Å². The van der Waals surface area contributed by atoms with Gasteiger partial charge >= 0.3 is 11.9 Å². The van der Waals surface area contributed by atoms with Gasteiger partial charge in [0.25, 0.3) is 0 Å². The Balaban J connectivity index is 0.000000230. The minimum absolute atomic E-state index is 0.138. The summed E-state index contributed by atoms with van der Waals surface area (Å²) in [6, 6.07) is 32.4. The highest BCUT2D eigenvalue weighted by Gasteiger charge is 2.40. The Kier molecular flexibility index (Phi) is 12.3. The largest absolute Gasteiger partial charge is 0.497 e. The Bertz CT molecular complexity index is 1650. The quantitative estimate of drug-likeness (QED) is 0.131. The molecule has 0 bridgehead atoms. The normalized spacial score (nSPS) is 18.9. The summed E-state index contributed by atoms with van der Waals surface area (Å²) in [5.74, 6) is 4.13. The molecule has 0 saturated heterocycles. The molecule has 3 unspecified atom stereocenters. The monoisotopic (exact) mass is 664 g/mol. The zero-order valence-electron chi connectivity index (χ0n) is 30.5. The molecule has 4 aromatic rings. The average molecular weight is 665 g/mol. The van der Waals surface area contributed by atoms with E-state index in [2.05, 4.69) is 83.1 Å². The summed E-state index contributed by atoms with van der Waals surface area (Å²) < 4.78 is 20.8. The minimum atomic E-state index is -0.308. The van der Waals surface area contributed by atoms with Crippen LogP contribution in [0.25, 0.3) is 0 Å². The highest BCUT2D eigenvalue weighted by Crippen LogP contribution is 2.51. The number of hydrogen-bond donors (Lipinski definition) is 0. The lowest BCUT2D eigenvalue weighted by molar-refractivity contribution is -0.132. The van der Waals surface area contributed by atoms with Gasteiger partial charge in [-0.2, -0.15) is 0 Å². The van der Waals surface area contributed by atoms with Crippen LogP contribution in [0.1, 0.15) is 95.9 Å². The maximum absolute atomic E-state index is 11.2. The molecule has 0 N–H and O–H groups in total.